The second-order valence-corrected chi connectivity index (χ2v) is 4.80. The van der Waals surface area contributed by atoms with Gasteiger partial charge >= 0.3 is 0 Å². The Bertz CT molecular complexity index is 641. The Morgan fingerprint density at radius 2 is 2.10 bits per heavy atom. The van der Waals surface area contributed by atoms with E-state index in [9.17, 15) is 4.79 Å². The van der Waals surface area contributed by atoms with Crippen LogP contribution in [0.3, 0.4) is 0 Å². The van der Waals surface area contributed by atoms with Gasteiger partial charge in [-0.15, -0.1) is 0 Å². The maximum Gasteiger partial charge on any atom is 0.227 e. The Morgan fingerprint density at radius 3 is 2.95 bits per heavy atom. The number of rotatable bonds is 3. The van der Waals surface area contributed by atoms with Crippen molar-refractivity contribution in [2.75, 3.05) is 10.3 Å². The number of carbonyl (C=O) groups excluding carboxylic acids is 1. The molecule has 20 heavy (non-hydrogen) atoms. The summed E-state index contributed by atoms with van der Waals surface area (Å²) in [5.41, 5.74) is 5.74. The number of anilines is 2. The molecule has 1 aromatic heterocycles. The highest BCUT2D eigenvalue weighted by molar-refractivity contribution is 5.96. The SMILES string of the molecule is NNc1cc(CN2C(=O)CCc3ccccc32)ccn1. The van der Waals surface area contributed by atoms with Crippen molar-refractivity contribution in [3.05, 3.63) is 53.7 Å². The number of fused-ring (bicyclic) bond motifs is 1. The van der Waals surface area contributed by atoms with E-state index in [4.69, 9.17) is 5.84 Å². The van der Waals surface area contributed by atoms with Gasteiger partial charge in [0, 0.05) is 18.3 Å². The molecule has 0 unspecified atom stereocenters. The standard InChI is InChI=1S/C15H16N4O/c16-18-14-9-11(7-8-17-14)10-19-13-4-2-1-3-12(13)5-6-15(19)20/h1-4,7-9H,5-6,10,16H2,(H,17,18). The zero-order valence-electron chi connectivity index (χ0n) is 11.0. The minimum atomic E-state index is 0.155. The molecule has 5 nitrogen and oxygen atoms in total. The fourth-order valence-electron chi connectivity index (χ4n) is 2.50. The highest BCUT2D eigenvalue weighted by atomic mass is 16.2. The van der Waals surface area contributed by atoms with Gasteiger partial charge in [-0.1, -0.05) is 18.2 Å². The molecule has 3 N–H and O–H groups in total. The first-order valence-electron chi connectivity index (χ1n) is 6.58. The van der Waals surface area contributed by atoms with Crippen molar-refractivity contribution in [2.45, 2.75) is 19.4 Å². The van der Waals surface area contributed by atoms with Crippen molar-refractivity contribution >= 4 is 17.4 Å². The first-order valence-corrected chi connectivity index (χ1v) is 6.58. The number of nitrogens with zero attached hydrogens (tertiary/aromatic N) is 2. The normalized spacial score (nSPS) is 14.1. The van der Waals surface area contributed by atoms with Crippen LogP contribution in [0, 0.1) is 0 Å². The molecule has 0 fully saturated rings. The van der Waals surface area contributed by atoms with Crippen LogP contribution in [0.2, 0.25) is 0 Å². The lowest BCUT2D eigenvalue weighted by atomic mass is 10.0. The zero-order chi connectivity index (χ0) is 13.9. The van der Waals surface area contributed by atoms with Crippen molar-refractivity contribution in [3.63, 3.8) is 0 Å². The molecule has 1 aromatic carbocycles. The van der Waals surface area contributed by atoms with Crippen molar-refractivity contribution in [2.24, 2.45) is 5.84 Å². The van der Waals surface area contributed by atoms with Crippen LogP contribution in [0.25, 0.3) is 0 Å². The smallest absolute Gasteiger partial charge is 0.227 e. The molecule has 2 aromatic rings. The van der Waals surface area contributed by atoms with Gasteiger partial charge in [-0.05, 0) is 35.7 Å². The number of nitrogens with two attached hydrogens (primary N) is 1. The average Bonchev–Trinajstić information content (AvgIpc) is 2.50. The summed E-state index contributed by atoms with van der Waals surface area (Å²) in [7, 11) is 0. The quantitative estimate of drug-likeness (QED) is 0.658. The molecular weight excluding hydrogens is 252 g/mol. The van der Waals surface area contributed by atoms with Gasteiger partial charge in [0.05, 0.1) is 6.54 Å². The van der Waals surface area contributed by atoms with Crippen LogP contribution < -0.4 is 16.2 Å². The van der Waals surface area contributed by atoms with Crippen LogP contribution in [0.5, 0.6) is 0 Å². The summed E-state index contributed by atoms with van der Waals surface area (Å²) in [5, 5.41) is 0. The molecule has 0 saturated heterocycles. The summed E-state index contributed by atoms with van der Waals surface area (Å²) in [5.74, 6) is 6.12. The maximum absolute atomic E-state index is 12.2. The van der Waals surface area contributed by atoms with Crippen molar-refractivity contribution < 1.29 is 4.79 Å². The summed E-state index contributed by atoms with van der Waals surface area (Å²) in [6, 6.07) is 11.8. The number of carbonyl (C=O) groups is 1. The Hall–Kier alpha value is -2.40. The molecule has 0 aliphatic carbocycles. The number of amides is 1. The molecular formula is C15H16N4O. The number of pyridine rings is 1. The second kappa shape index (κ2) is 5.30. The molecule has 0 atom stereocenters. The molecule has 0 bridgehead atoms. The maximum atomic E-state index is 12.2. The number of aromatic nitrogens is 1. The van der Waals surface area contributed by atoms with Crippen LogP contribution >= 0.6 is 0 Å². The monoisotopic (exact) mass is 268 g/mol. The first-order chi connectivity index (χ1) is 9.78. The molecule has 3 rings (SSSR count). The van der Waals surface area contributed by atoms with Gasteiger partial charge in [0.1, 0.15) is 5.82 Å². The Kier molecular flexibility index (Phi) is 3.35. The van der Waals surface area contributed by atoms with Crippen molar-refractivity contribution in [3.8, 4) is 0 Å². The van der Waals surface area contributed by atoms with Crippen molar-refractivity contribution in [1.82, 2.24) is 4.98 Å². The predicted molar refractivity (Wildman–Crippen MR) is 78.0 cm³/mol. The predicted octanol–water partition coefficient (Wildman–Crippen LogP) is 1.85. The molecule has 0 spiro atoms. The van der Waals surface area contributed by atoms with Gasteiger partial charge in [0.15, 0.2) is 0 Å². The minimum Gasteiger partial charge on any atom is -0.308 e. The number of hydrogen-bond donors (Lipinski definition) is 2. The summed E-state index contributed by atoms with van der Waals surface area (Å²) in [6.45, 7) is 0.535. The number of aryl methyl sites for hydroxylation is 1. The third-order valence-corrected chi connectivity index (χ3v) is 3.50. The van der Waals surface area contributed by atoms with Gasteiger partial charge in [-0.2, -0.15) is 0 Å². The van der Waals surface area contributed by atoms with E-state index in [1.54, 1.807) is 6.20 Å². The van der Waals surface area contributed by atoms with Crippen LogP contribution in [0.15, 0.2) is 42.6 Å². The molecule has 2 heterocycles. The van der Waals surface area contributed by atoms with Crippen molar-refractivity contribution in [1.29, 1.82) is 0 Å². The summed E-state index contributed by atoms with van der Waals surface area (Å²) in [6.07, 6.45) is 3.06. The Labute approximate surface area is 117 Å². The van der Waals surface area contributed by atoms with E-state index >= 15 is 0 Å². The van der Waals surface area contributed by atoms with Crippen LogP contribution in [-0.2, 0) is 17.8 Å². The molecule has 102 valence electrons. The summed E-state index contributed by atoms with van der Waals surface area (Å²) < 4.78 is 0. The zero-order valence-corrected chi connectivity index (χ0v) is 11.0. The largest absolute Gasteiger partial charge is 0.308 e. The lowest BCUT2D eigenvalue weighted by Crippen LogP contribution is -2.34. The van der Waals surface area contributed by atoms with E-state index in [0.717, 1.165) is 17.7 Å². The molecule has 5 heteroatoms. The fraction of sp³-hybridized carbons (Fsp3) is 0.200. The topological polar surface area (TPSA) is 71.2 Å². The number of para-hydroxylation sites is 1. The highest BCUT2D eigenvalue weighted by Crippen LogP contribution is 2.29. The molecule has 0 radical (unpaired) electrons. The molecule has 1 aliphatic rings. The van der Waals surface area contributed by atoms with Gasteiger partial charge in [0.2, 0.25) is 5.91 Å². The van der Waals surface area contributed by atoms with Gasteiger partial charge in [-0.25, -0.2) is 10.8 Å². The van der Waals surface area contributed by atoms with Gasteiger partial charge in [-0.3, -0.25) is 4.79 Å². The van der Waals surface area contributed by atoms with Gasteiger partial charge < -0.3 is 10.3 Å². The Morgan fingerprint density at radius 1 is 1.25 bits per heavy atom. The Balaban J connectivity index is 1.91. The number of nitrogens with one attached hydrogen (secondary N) is 1. The first kappa shape index (κ1) is 12.6. The second-order valence-electron chi connectivity index (χ2n) is 4.80. The highest BCUT2D eigenvalue weighted by Gasteiger charge is 2.23. The van der Waals surface area contributed by atoms with E-state index < -0.39 is 0 Å². The minimum absolute atomic E-state index is 0.155. The third kappa shape index (κ3) is 2.35. The number of hydrazine groups is 1. The number of hydrogen-bond acceptors (Lipinski definition) is 4. The number of nitrogen functional groups attached to an aromatic ring is 1. The lowest BCUT2D eigenvalue weighted by Gasteiger charge is -2.29. The van der Waals surface area contributed by atoms with E-state index in [1.165, 1.54) is 5.56 Å². The average molecular weight is 268 g/mol. The van der Waals surface area contributed by atoms with Crippen LogP contribution in [-0.4, -0.2) is 10.9 Å². The van der Waals surface area contributed by atoms with E-state index in [0.29, 0.717) is 18.8 Å². The fourth-order valence-corrected chi connectivity index (χ4v) is 2.50. The summed E-state index contributed by atoms with van der Waals surface area (Å²) >= 11 is 0. The van der Waals surface area contributed by atoms with Gasteiger partial charge in [0.25, 0.3) is 0 Å². The lowest BCUT2D eigenvalue weighted by molar-refractivity contribution is -0.119. The third-order valence-electron chi connectivity index (χ3n) is 3.50. The molecule has 0 saturated carbocycles. The van der Waals surface area contributed by atoms with E-state index in [-0.39, 0.29) is 5.91 Å². The van der Waals surface area contributed by atoms with E-state index in [1.807, 2.05) is 35.2 Å². The molecule has 1 amide bonds. The summed E-state index contributed by atoms with van der Waals surface area (Å²) in [4.78, 5) is 18.1. The van der Waals surface area contributed by atoms with Crippen LogP contribution in [0.4, 0.5) is 11.5 Å². The van der Waals surface area contributed by atoms with E-state index in [2.05, 4.69) is 16.5 Å². The van der Waals surface area contributed by atoms with Crippen LogP contribution in [0.1, 0.15) is 17.5 Å². The number of benzene rings is 1. The molecule has 1 aliphatic heterocycles.